The van der Waals surface area contributed by atoms with Gasteiger partial charge in [-0.25, -0.2) is 9.18 Å². The minimum atomic E-state index is -0.624. The zero-order valence-corrected chi connectivity index (χ0v) is 17.2. The number of benzene rings is 2. The summed E-state index contributed by atoms with van der Waals surface area (Å²) in [6.45, 7) is 0.207. The minimum absolute atomic E-state index is 0.179. The normalized spacial score (nSPS) is 16.3. The number of nitrogens with one attached hydrogen (secondary N) is 1. The highest BCUT2D eigenvalue weighted by molar-refractivity contribution is 8.18. The molecule has 0 unspecified atom stereocenters. The predicted octanol–water partition coefficient (Wildman–Crippen LogP) is 3.67. The molecule has 0 saturated carbocycles. The van der Waals surface area contributed by atoms with Crippen LogP contribution in [0.15, 0.2) is 63.6 Å². The highest BCUT2D eigenvalue weighted by atomic mass is 35.5. The van der Waals surface area contributed by atoms with Gasteiger partial charge in [0.05, 0.1) is 23.3 Å². The Balaban J connectivity index is 1.56. The molecule has 1 aliphatic rings. The molecule has 0 aliphatic carbocycles. The van der Waals surface area contributed by atoms with Crippen molar-refractivity contribution in [3.05, 3.63) is 75.4 Å². The van der Waals surface area contributed by atoms with Crippen molar-refractivity contribution in [2.75, 3.05) is 7.11 Å². The van der Waals surface area contributed by atoms with Gasteiger partial charge in [-0.2, -0.15) is 5.10 Å². The van der Waals surface area contributed by atoms with Gasteiger partial charge in [0.1, 0.15) is 18.2 Å². The lowest BCUT2D eigenvalue weighted by Crippen LogP contribution is -2.19. The third-order valence-electron chi connectivity index (χ3n) is 3.75. The molecule has 1 saturated heterocycles. The maximum atomic E-state index is 13.1. The van der Waals surface area contributed by atoms with Gasteiger partial charge in [-0.05, 0) is 53.7 Å². The summed E-state index contributed by atoms with van der Waals surface area (Å²) in [5.74, 6) is -0.860. The van der Waals surface area contributed by atoms with E-state index in [1.807, 2.05) is 0 Å². The maximum Gasteiger partial charge on any atom is 0.331 e. The second kappa shape index (κ2) is 10.0. The van der Waals surface area contributed by atoms with E-state index in [-0.39, 0.29) is 16.7 Å². The molecule has 30 heavy (non-hydrogen) atoms. The van der Waals surface area contributed by atoms with E-state index < -0.39 is 17.7 Å². The van der Waals surface area contributed by atoms with Crippen molar-refractivity contribution in [1.29, 1.82) is 0 Å². The highest BCUT2D eigenvalue weighted by Gasteiger charge is 2.24. The molecule has 0 radical (unpaired) electrons. The number of thioether (sulfide) groups is 1. The number of esters is 1. The third-order valence-corrected chi connectivity index (χ3v) is 5.00. The quantitative estimate of drug-likeness (QED) is 0.316. The SMILES string of the molecule is COC(=O)/C=C1/S/C(=N\N=Cc2ccc(OCc3ccc(F)cc3Cl)cc2)NC1=O. The van der Waals surface area contributed by atoms with Crippen molar-refractivity contribution in [2.45, 2.75) is 6.61 Å². The van der Waals surface area contributed by atoms with Crippen LogP contribution < -0.4 is 10.1 Å². The summed E-state index contributed by atoms with van der Waals surface area (Å²) in [4.78, 5) is 23.1. The van der Waals surface area contributed by atoms with E-state index in [1.54, 1.807) is 30.3 Å². The van der Waals surface area contributed by atoms with E-state index >= 15 is 0 Å². The first-order valence-electron chi connectivity index (χ1n) is 8.51. The Hall–Kier alpha value is -3.17. The molecule has 0 spiro atoms. The summed E-state index contributed by atoms with van der Waals surface area (Å²) < 4.78 is 23.2. The molecule has 1 aliphatic heterocycles. The van der Waals surface area contributed by atoms with Crippen molar-refractivity contribution < 1.29 is 23.5 Å². The van der Waals surface area contributed by atoms with E-state index in [0.717, 1.165) is 23.4 Å². The van der Waals surface area contributed by atoms with Crippen LogP contribution in [-0.2, 0) is 20.9 Å². The van der Waals surface area contributed by atoms with Gasteiger partial charge >= 0.3 is 5.97 Å². The molecule has 2 aromatic carbocycles. The fraction of sp³-hybridized carbons (Fsp3) is 0.100. The second-order valence-corrected chi connectivity index (χ2v) is 7.27. The van der Waals surface area contributed by atoms with Gasteiger partial charge in [0.15, 0.2) is 5.17 Å². The van der Waals surface area contributed by atoms with Crippen LogP contribution in [0.4, 0.5) is 4.39 Å². The van der Waals surface area contributed by atoms with E-state index in [0.29, 0.717) is 16.3 Å². The van der Waals surface area contributed by atoms with E-state index in [2.05, 4.69) is 20.3 Å². The van der Waals surface area contributed by atoms with Gasteiger partial charge in [0.2, 0.25) is 0 Å². The van der Waals surface area contributed by atoms with Crippen molar-refractivity contribution in [2.24, 2.45) is 10.2 Å². The first-order chi connectivity index (χ1) is 14.4. The number of nitrogens with zero attached hydrogens (tertiary/aromatic N) is 2. The molecule has 0 bridgehead atoms. The standard InChI is InChI=1S/C20H15ClFN3O4S/c1-28-18(26)9-17-19(27)24-20(30-17)25-23-10-12-2-6-15(7-3-12)29-11-13-4-5-14(22)8-16(13)21/h2-10H,11H2,1H3,(H,24,25,27)/b17-9+,23-10?. The minimum Gasteiger partial charge on any atom is -0.489 e. The Bertz CT molecular complexity index is 1050. The maximum absolute atomic E-state index is 13.1. The van der Waals surface area contributed by atoms with E-state index in [9.17, 15) is 14.0 Å². The van der Waals surface area contributed by atoms with Crippen LogP contribution in [0.1, 0.15) is 11.1 Å². The molecule has 1 heterocycles. The summed E-state index contributed by atoms with van der Waals surface area (Å²) in [5.41, 5.74) is 1.43. The largest absolute Gasteiger partial charge is 0.489 e. The number of carbonyl (C=O) groups excluding carboxylic acids is 2. The molecule has 7 nitrogen and oxygen atoms in total. The average molecular weight is 448 g/mol. The number of carbonyl (C=O) groups is 2. The number of methoxy groups -OCH3 is 1. The fourth-order valence-corrected chi connectivity index (χ4v) is 3.20. The van der Waals surface area contributed by atoms with Crippen LogP contribution in [-0.4, -0.2) is 30.4 Å². The predicted molar refractivity (Wildman–Crippen MR) is 113 cm³/mol. The summed E-state index contributed by atoms with van der Waals surface area (Å²) in [7, 11) is 1.23. The Morgan fingerprint density at radius 3 is 2.73 bits per heavy atom. The zero-order chi connectivity index (χ0) is 21.5. The molecular formula is C20H15ClFN3O4S. The first kappa shape index (κ1) is 21.5. The zero-order valence-electron chi connectivity index (χ0n) is 15.6. The molecule has 154 valence electrons. The summed E-state index contributed by atoms with van der Waals surface area (Å²) in [6, 6.07) is 11.2. The lowest BCUT2D eigenvalue weighted by molar-refractivity contribution is -0.135. The van der Waals surface area contributed by atoms with Crippen molar-refractivity contribution >= 4 is 46.6 Å². The number of ether oxygens (including phenoxy) is 2. The van der Waals surface area contributed by atoms with Gasteiger partial charge < -0.3 is 9.47 Å². The molecule has 1 fully saturated rings. The van der Waals surface area contributed by atoms with E-state index in [4.69, 9.17) is 16.3 Å². The Morgan fingerprint density at radius 2 is 2.03 bits per heavy atom. The monoisotopic (exact) mass is 447 g/mol. The van der Waals surface area contributed by atoms with Gasteiger partial charge in [0.25, 0.3) is 5.91 Å². The van der Waals surface area contributed by atoms with Crippen LogP contribution in [0, 0.1) is 5.82 Å². The summed E-state index contributed by atoms with van der Waals surface area (Å²) in [5, 5.41) is 10.9. The second-order valence-electron chi connectivity index (χ2n) is 5.83. The average Bonchev–Trinajstić information content (AvgIpc) is 3.07. The van der Waals surface area contributed by atoms with Crippen molar-refractivity contribution in [3.8, 4) is 5.75 Å². The van der Waals surface area contributed by atoms with Crippen LogP contribution in [0.2, 0.25) is 5.02 Å². The van der Waals surface area contributed by atoms with Crippen molar-refractivity contribution in [3.63, 3.8) is 0 Å². The molecule has 0 aromatic heterocycles. The van der Waals surface area contributed by atoms with Crippen molar-refractivity contribution in [1.82, 2.24) is 5.32 Å². The third kappa shape index (κ3) is 5.91. The highest BCUT2D eigenvalue weighted by Crippen LogP contribution is 2.23. The van der Waals surface area contributed by atoms with Gasteiger partial charge in [-0.1, -0.05) is 17.7 Å². The van der Waals surface area contributed by atoms with Crippen LogP contribution in [0.5, 0.6) is 5.75 Å². The number of amides is 1. The number of halogens is 2. The fourth-order valence-electron chi connectivity index (χ4n) is 2.24. The molecule has 3 rings (SSSR count). The number of rotatable bonds is 6. The number of hydrogen-bond acceptors (Lipinski definition) is 7. The number of hydrogen-bond donors (Lipinski definition) is 1. The first-order valence-corrected chi connectivity index (χ1v) is 9.70. The van der Waals surface area contributed by atoms with Gasteiger partial charge in [-0.3, -0.25) is 10.1 Å². The molecular weight excluding hydrogens is 433 g/mol. The Morgan fingerprint density at radius 1 is 1.27 bits per heavy atom. The molecule has 0 atom stereocenters. The lowest BCUT2D eigenvalue weighted by Gasteiger charge is -2.08. The molecule has 10 heteroatoms. The van der Waals surface area contributed by atoms with Gasteiger partial charge in [-0.15, -0.1) is 5.10 Å². The van der Waals surface area contributed by atoms with E-state index in [1.165, 1.54) is 25.5 Å². The number of amidine groups is 1. The van der Waals surface area contributed by atoms with Gasteiger partial charge in [0, 0.05) is 11.6 Å². The topological polar surface area (TPSA) is 89.3 Å². The Kier molecular flexibility index (Phi) is 7.21. The van der Waals surface area contributed by atoms with Crippen LogP contribution in [0.25, 0.3) is 0 Å². The van der Waals surface area contributed by atoms with Crippen LogP contribution >= 0.6 is 23.4 Å². The lowest BCUT2D eigenvalue weighted by atomic mass is 10.2. The summed E-state index contributed by atoms with van der Waals surface area (Å²) in [6.07, 6.45) is 2.59. The summed E-state index contributed by atoms with van der Waals surface area (Å²) >= 11 is 6.97. The Labute approximate surface area is 180 Å². The molecule has 1 N–H and O–H groups in total. The molecule has 2 aromatic rings. The smallest absolute Gasteiger partial charge is 0.331 e. The molecule has 1 amide bonds. The van der Waals surface area contributed by atoms with Crippen LogP contribution in [0.3, 0.4) is 0 Å².